The number of hydrogen-bond donors (Lipinski definition) is 3. The van der Waals surface area contributed by atoms with Crippen LogP contribution < -0.4 is 16.4 Å². The Balaban J connectivity index is 2.63. The van der Waals surface area contributed by atoms with Gasteiger partial charge in [-0.25, -0.2) is 9.59 Å². The van der Waals surface area contributed by atoms with Crippen LogP contribution in [0, 0.1) is 0 Å². The molecule has 0 saturated heterocycles. The van der Waals surface area contributed by atoms with E-state index in [4.69, 9.17) is 15.2 Å². The molecule has 0 heterocycles. The van der Waals surface area contributed by atoms with Gasteiger partial charge in [0.25, 0.3) is 0 Å². The predicted molar refractivity (Wildman–Crippen MR) is 176 cm³/mol. The van der Waals surface area contributed by atoms with Crippen LogP contribution in [0.5, 0.6) is 0 Å². The monoisotopic (exact) mass is 634 g/mol. The van der Waals surface area contributed by atoms with Crippen molar-refractivity contribution in [3.05, 3.63) is 90.5 Å². The SMILES string of the molecule is C=CCN(C(=O)C(CC(N)=O)NC(=O)OC(C)(C)C)C(C(=O)NC(Cc1ccccc1)C(=O)OC(C)(C)C)c1cccc(C=C)c1. The number of nitrogens with two attached hydrogens (primary N) is 1. The number of primary amides is 1. The number of alkyl carbamates (subject to hydrolysis) is 1. The second-order valence-corrected chi connectivity index (χ2v) is 12.7. The van der Waals surface area contributed by atoms with Gasteiger partial charge >= 0.3 is 12.1 Å². The number of nitrogens with zero attached hydrogens (tertiary/aromatic N) is 1. The fourth-order valence-electron chi connectivity index (χ4n) is 4.51. The van der Waals surface area contributed by atoms with E-state index in [2.05, 4.69) is 23.8 Å². The third-order valence-electron chi connectivity index (χ3n) is 6.32. The molecule has 248 valence electrons. The lowest BCUT2D eigenvalue weighted by molar-refractivity contribution is -0.159. The highest BCUT2D eigenvalue weighted by atomic mass is 16.6. The summed E-state index contributed by atoms with van der Waals surface area (Å²) in [5.41, 5.74) is 5.53. The summed E-state index contributed by atoms with van der Waals surface area (Å²) < 4.78 is 10.9. The van der Waals surface area contributed by atoms with Crippen molar-refractivity contribution in [2.75, 3.05) is 6.54 Å². The second kappa shape index (κ2) is 16.4. The Morgan fingerprint density at radius 1 is 0.870 bits per heavy atom. The van der Waals surface area contributed by atoms with Gasteiger partial charge in [-0.1, -0.05) is 67.3 Å². The van der Waals surface area contributed by atoms with Crippen LogP contribution in [0.2, 0.25) is 0 Å². The van der Waals surface area contributed by atoms with E-state index in [1.807, 2.05) is 30.3 Å². The van der Waals surface area contributed by atoms with Crippen molar-refractivity contribution in [1.82, 2.24) is 15.5 Å². The Bertz CT molecular complexity index is 1410. The van der Waals surface area contributed by atoms with Gasteiger partial charge < -0.3 is 30.7 Å². The molecule has 2 aromatic carbocycles. The van der Waals surface area contributed by atoms with Crippen molar-refractivity contribution in [2.45, 2.75) is 83.7 Å². The topological polar surface area (TPSA) is 157 Å². The van der Waals surface area contributed by atoms with Crippen molar-refractivity contribution in [2.24, 2.45) is 5.73 Å². The number of hydrogen-bond acceptors (Lipinski definition) is 7. The minimum atomic E-state index is -1.48. The lowest BCUT2D eigenvalue weighted by Gasteiger charge is -2.34. The van der Waals surface area contributed by atoms with Gasteiger partial charge in [0.1, 0.15) is 29.3 Å². The van der Waals surface area contributed by atoms with Gasteiger partial charge in [0.2, 0.25) is 17.7 Å². The van der Waals surface area contributed by atoms with E-state index >= 15 is 0 Å². The van der Waals surface area contributed by atoms with Crippen molar-refractivity contribution in [3.63, 3.8) is 0 Å². The highest BCUT2D eigenvalue weighted by Crippen LogP contribution is 2.25. The largest absolute Gasteiger partial charge is 0.458 e. The van der Waals surface area contributed by atoms with Gasteiger partial charge in [0.05, 0.1) is 6.42 Å². The van der Waals surface area contributed by atoms with Crippen LogP contribution in [0.4, 0.5) is 4.79 Å². The maximum absolute atomic E-state index is 14.3. The number of amides is 4. The molecule has 0 fully saturated rings. The van der Waals surface area contributed by atoms with Gasteiger partial charge in [0, 0.05) is 13.0 Å². The van der Waals surface area contributed by atoms with E-state index < -0.39 is 65.5 Å². The molecular weight excluding hydrogens is 588 g/mol. The molecular formula is C35H46N4O7. The van der Waals surface area contributed by atoms with E-state index in [0.29, 0.717) is 11.1 Å². The molecule has 2 aromatic rings. The summed E-state index contributed by atoms with van der Waals surface area (Å²) in [5.74, 6) is -3.04. The maximum Gasteiger partial charge on any atom is 0.408 e. The summed E-state index contributed by atoms with van der Waals surface area (Å²) in [5, 5.41) is 5.22. The number of rotatable bonds is 14. The molecule has 2 rings (SSSR count). The van der Waals surface area contributed by atoms with Crippen molar-refractivity contribution in [1.29, 1.82) is 0 Å². The van der Waals surface area contributed by atoms with Crippen molar-refractivity contribution >= 4 is 35.9 Å². The highest BCUT2D eigenvalue weighted by Gasteiger charge is 2.38. The lowest BCUT2D eigenvalue weighted by atomic mass is 9.98. The summed E-state index contributed by atoms with van der Waals surface area (Å²) in [6.45, 7) is 17.5. The standard InChI is InChI=1S/C35H46N4O7/c1-9-19-39(31(42)26(22-28(36)40)38-33(44)46-35(6,7)8)29(25-18-14-17-23(10-2)20-25)30(41)37-27(32(43)45-34(3,4)5)21-24-15-12-11-13-16-24/h9-18,20,26-27,29H,1-2,19,21-22H2,3-8H3,(H2,36,40)(H,37,41)(H,38,44). The van der Waals surface area contributed by atoms with Crippen molar-refractivity contribution < 1.29 is 33.4 Å². The Morgan fingerprint density at radius 3 is 2.04 bits per heavy atom. The first-order valence-electron chi connectivity index (χ1n) is 14.9. The number of benzene rings is 2. The maximum atomic E-state index is 14.3. The molecule has 0 aliphatic heterocycles. The third kappa shape index (κ3) is 12.2. The summed E-state index contributed by atoms with van der Waals surface area (Å²) in [6, 6.07) is 11.9. The fourth-order valence-corrected chi connectivity index (χ4v) is 4.51. The van der Waals surface area contributed by atoms with Gasteiger partial charge in [0.15, 0.2) is 0 Å². The van der Waals surface area contributed by atoms with Crippen LogP contribution in [0.3, 0.4) is 0 Å². The van der Waals surface area contributed by atoms with Crippen LogP contribution in [0.15, 0.2) is 73.8 Å². The molecule has 0 spiro atoms. The lowest BCUT2D eigenvalue weighted by Crippen LogP contribution is -2.55. The number of carbonyl (C=O) groups is 5. The average Bonchev–Trinajstić information content (AvgIpc) is 2.94. The summed E-state index contributed by atoms with van der Waals surface area (Å²) >= 11 is 0. The molecule has 3 atom stereocenters. The minimum Gasteiger partial charge on any atom is -0.458 e. The molecule has 11 nitrogen and oxygen atoms in total. The molecule has 0 radical (unpaired) electrons. The van der Waals surface area contributed by atoms with Gasteiger partial charge in [-0.05, 0) is 64.3 Å². The molecule has 3 unspecified atom stereocenters. The van der Waals surface area contributed by atoms with Crippen LogP contribution in [0.1, 0.15) is 70.7 Å². The Kier molecular flexibility index (Phi) is 13.3. The third-order valence-corrected chi connectivity index (χ3v) is 6.32. The normalized spacial score (nSPS) is 13.3. The molecule has 0 aromatic heterocycles. The Labute approximate surface area is 271 Å². The van der Waals surface area contributed by atoms with E-state index in [1.54, 1.807) is 71.9 Å². The zero-order valence-corrected chi connectivity index (χ0v) is 27.5. The molecule has 0 aliphatic carbocycles. The predicted octanol–water partition coefficient (Wildman–Crippen LogP) is 4.22. The van der Waals surface area contributed by atoms with Gasteiger partial charge in [-0.15, -0.1) is 6.58 Å². The fraction of sp³-hybridized carbons (Fsp3) is 0.400. The Morgan fingerprint density at radius 2 is 1.50 bits per heavy atom. The number of ether oxygens (including phenoxy) is 2. The zero-order valence-electron chi connectivity index (χ0n) is 27.5. The van der Waals surface area contributed by atoms with Crippen LogP contribution in [-0.2, 0) is 35.1 Å². The van der Waals surface area contributed by atoms with Crippen molar-refractivity contribution in [3.8, 4) is 0 Å². The van der Waals surface area contributed by atoms with E-state index in [9.17, 15) is 24.0 Å². The molecule has 0 bridgehead atoms. The number of carbonyl (C=O) groups excluding carboxylic acids is 5. The summed E-state index contributed by atoms with van der Waals surface area (Å²) in [7, 11) is 0. The second-order valence-electron chi connectivity index (χ2n) is 12.7. The summed E-state index contributed by atoms with van der Waals surface area (Å²) in [4.78, 5) is 67.7. The smallest absolute Gasteiger partial charge is 0.408 e. The van der Waals surface area contributed by atoms with E-state index in [0.717, 1.165) is 10.5 Å². The van der Waals surface area contributed by atoms with Gasteiger partial charge in [-0.3, -0.25) is 14.4 Å². The first-order chi connectivity index (χ1) is 21.4. The zero-order chi connectivity index (χ0) is 34.7. The summed E-state index contributed by atoms with van der Waals surface area (Å²) in [6.07, 6.45) is 1.58. The molecule has 4 amide bonds. The first-order valence-corrected chi connectivity index (χ1v) is 14.9. The highest BCUT2D eigenvalue weighted by molar-refractivity contribution is 5.95. The molecule has 0 saturated carbocycles. The quantitative estimate of drug-likeness (QED) is 0.207. The number of esters is 1. The van der Waals surface area contributed by atoms with Crippen LogP contribution >= 0.6 is 0 Å². The van der Waals surface area contributed by atoms with Crippen LogP contribution in [0.25, 0.3) is 6.08 Å². The molecule has 11 heteroatoms. The Hall–Kier alpha value is -4.93. The minimum absolute atomic E-state index is 0.112. The molecule has 0 aliphatic rings. The van der Waals surface area contributed by atoms with E-state index in [1.165, 1.54) is 6.08 Å². The number of nitrogens with one attached hydrogen (secondary N) is 2. The van der Waals surface area contributed by atoms with Gasteiger partial charge in [-0.2, -0.15) is 0 Å². The van der Waals surface area contributed by atoms with E-state index in [-0.39, 0.29) is 13.0 Å². The molecule has 4 N–H and O–H groups in total. The molecule has 46 heavy (non-hydrogen) atoms. The van der Waals surface area contributed by atoms with Crippen LogP contribution in [-0.4, -0.2) is 64.5 Å². The average molecular weight is 635 g/mol. The first kappa shape index (κ1) is 37.3.